The minimum absolute atomic E-state index is 0.00361. The highest BCUT2D eigenvalue weighted by Gasteiger charge is 2.07. The standard InChI is InChI=1S/C19H30N6O/c1-5-18-24-23-14-25(18)12-11-21-19(20-6-2)22-13-16(4)26-17-10-8-7-9-15(17)3/h7-10,14,16H,5-6,11-13H2,1-4H3,(H2,20,21,22). The van der Waals surface area contributed by atoms with Gasteiger partial charge in [-0.1, -0.05) is 25.1 Å². The first-order chi connectivity index (χ1) is 12.6. The first-order valence-corrected chi connectivity index (χ1v) is 9.25. The van der Waals surface area contributed by atoms with Crippen LogP contribution in [0.1, 0.15) is 32.2 Å². The Bertz CT molecular complexity index is 697. The third-order valence-corrected chi connectivity index (χ3v) is 3.93. The third-order valence-electron chi connectivity index (χ3n) is 3.93. The topological polar surface area (TPSA) is 76.4 Å². The lowest BCUT2D eigenvalue weighted by Crippen LogP contribution is -2.39. The van der Waals surface area contributed by atoms with Gasteiger partial charge in [-0.15, -0.1) is 10.2 Å². The summed E-state index contributed by atoms with van der Waals surface area (Å²) in [4.78, 5) is 4.63. The summed E-state index contributed by atoms with van der Waals surface area (Å²) in [6.07, 6.45) is 2.64. The molecule has 0 aliphatic carbocycles. The van der Waals surface area contributed by atoms with E-state index >= 15 is 0 Å². The van der Waals surface area contributed by atoms with E-state index in [0.29, 0.717) is 6.54 Å². The molecule has 26 heavy (non-hydrogen) atoms. The van der Waals surface area contributed by atoms with Crippen molar-refractivity contribution >= 4 is 5.96 Å². The second-order valence-electron chi connectivity index (χ2n) is 6.13. The van der Waals surface area contributed by atoms with Gasteiger partial charge in [-0.3, -0.25) is 0 Å². The zero-order valence-corrected chi connectivity index (χ0v) is 16.2. The molecule has 0 bridgehead atoms. The Hall–Kier alpha value is -2.57. The van der Waals surface area contributed by atoms with Crippen molar-refractivity contribution in [3.63, 3.8) is 0 Å². The molecule has 7 nitrogen and oxygen atoms in total. The molecular weight excluding hydrogens is 328 g/mol. The lowest BCUT2D eigenvalue weighted by molar-refractivity contribution is 0.228. The molecule has 1 heterocycles. The van der Waals surface area contributed by atoms with Crippen molar-refractivity contribution in [2.45, 2.75) is 46.8 Å². The van der Waals surface area contributed by atoms with Crippen LogP contribution >= 0.6 is 0 Å². The molecule has 1 atom stereocenters. The van der Waals surface area contributed by atoms with Crippen molar-refractivity contribution in [2.24, 2.45) is 4.99 Å². The molecule has 0 spiro atoms. The van der Waals surface area contributed by atoms with Crippen LogP contribution in [0.2, 0.25) is 0 Å². The number of para-hydroxylation sites is 1. The number of aryl methyl sites for hydroxylation is 2. The first-order valence-electron chi connectivity index (χ1n) is 9.25. The van der Waals surface area contributed by atoms with Crippen molar-refractivity contribution in [1.82, 2.24) is 25.4 Å². The third kappa shape index (κ3) is 6.06. The molecule has 2 N–H and O–H groups in total. The Labute approximate surface area is 155 Å². The van der Waals surface area contributed by atoms with Crippen LogP contribution in [0, 0.1) is 6.92 Å². The molecule has 1 aromatic carbocycles. The van der Waals surface area contributed by atoms with E-state index in [1.807, 2.05) is 38.1 Å². The Morgan fingerprint density at radius 3 is 2.81 bits per heavy atom. The van der Waals surface area contributed by atoms with E-state index in [0.717, 1.165) is 49.2 Å². The number of aromatic nitrogens is 3. The van der Waals surface area contributed by atoms with Crippen LogP contribution in [-0.4, -0.2) is 46.5 Å². The summed E-state index contributed by atoms with van der Waals surface area (Å²) >= 11 is 0. The summed E-state index contributed by atoms with van der Waals surface area (Å²) in [7, 11) is 0. The maximum absolute atomic E-state index is 5.98. The van der Waals surface area contributed by atoms with Gasteiger partial charge < -0.3 is 19.9 Å². The number of nitrogens with zero attached hydrogens (tertiary/aromatic N) is 4. The fraction of sp³-hybridized carbons (Fsp3) is 0.526. The predicted molar refractivity (Wildman–Crippen MR) is 105 cm³/mol. The first kappa shape index (κ1) is 19.8. The predicted octanol–water partition coefficient (Wildman–Crippen LogP) is 2.17. The van der Waals surface area contributed by atoms with Crippen molar-refractivity contribution in [2.75, 3.05) is 19.6 Å². The quantitative estimate of drug-likeness (QED) is 0.531. The Morgan fingerprint density at radius 1 is 1.27 bits per heavy atom. The maximum atomic E-state index is 5.98. The van der Waals surface area contributed by atoms with Crippen molar-refractivity contribution < 1.29 is 4.74 Å². The summed E-state index contributed by atoms with van der Waals surface area (Å²) in [5.74, 6) is 2.70. The highest BCUT2D eigenvalue weighted by molar-refractivity contribution is 5.79. The number of nitrogens with one attached hydrogen (secondary N) is 2. The fourth-order valence-electron chi connectivity index (χ4n) is 2.54. The van der Waals surface area contributed by atoms with Crippen LogP contribution in [0.5, 0.6) is 5.75 Å². The Kier molecular flexibility index (Phi) is 7.92. The summed E-state index contributed by atoms with van der Waals surface area (Å²) in [6.45, 7) is 11.2. The van der Waals surface area contributed by atoms with Crippen LogP contribution in [0.4, 0.5) is 0 Å². The summed E-state index contributed by atoms with van der Waals surface area (Å²) in [5, 5.41) is 14.7. The molecule has 1 aromatic heterocycles. The van der Waals surface area contributed by atoms with E-state index in [2.05, 4.69) is 44.2 Å². The van der Waals surface area contributed by atoms with Crippen molar-refractivity contribution in [1.29, 1.82) is 0 Å². The number of hydrogen-bond acceptors (Lipinski definition) is 4. The highest BCUT2D eigenvalue weighted by Crippen LogP contribution is 2.17. The smallest absolute Gasteiger partial charge is 0.191 e. The molecule has 142 valence electrons. The second-order valence-corrected chi connectivity index (χ2v) is 6.13. The largest absolute Gasteiger partial charge is 0.489 e. The van der Waals surface area contributed by atoms with Gasteiger partial charge in [0, 0.05) is 26.1 Å². The van der Waals surface area contributed by atoms with Gasteiger partial charge in [-0.05, 0) is 32.4 Å². The van der Waals surface area contributed by atoms with Gasteiger partial charge >= 0.3 is 0 Å². The summed E-state index contributed by atoms with van der Waals surface area (Å²) in [5.41, 5.74) is 1.13. The minimum Gasteiger partial charge on any atom is -0.489 e. The van der Waals surface area contributed by atoms with Crippen LogP contribution in [0.15, 0.2) is 35.6 Å². The van der Waals surface area contributed by atoms with Crippen LogP contribution in [-0.2, 0) is 13.0 Å². The average molecular weight is 358 g/mol. The van der Waals surface area contributed by atoms with E-state index in [1.54, 1.807) is 6.33 Å². The van der Waals surface area contributed by atoms with Gasteiger partial charge in [-0.25, -0.2) is 4.99 Å². The lowest BCUT2D eigenvalue weighted by atomic mass is 10.2. The zero-order chi connectivity index (χ0) is 18.8. The van der Waals surface area contributed by atoms with Gasteiger partial charge in [0.15, 0.2) is 5.96 Å². The number of guanidine groups is 1. The highest BCUT2D eigenvalue weighted by atomic mass is 16.5. The van der Waals surface area contributed by atoms with Crippen molar-refractivity contribution in [3.8, 4) is 5.75 Å². The molecule has 2 aromatic rings. The van der Waals surface area contributed by atoms with E-state index in [-0.39, 0.29) is 6.10 Å². The van der Waals surface area contributed by atoms with Gasteiger partial charge in [0.25, 0.3) is 0 Å². The van der Waals surface area contributed by atoms with E-state index in [4.69, 9.17) is 4.74 Å². The van der Waals surface area contributed by atoms with Gasteiger partial charge in [0.1, 0.15) is 24.0 Å². The molecule has 2 rings (SSSR count). The molecule has 0 aliphatic heterocycles. The number of ether oxygens (including phenoxy) is 1. The Morgan fingerprint density at radius 2 is 2.08 bits per heavy atom. The summed E-state index contributed by atoms with van der Waals surface area (Å²) < 4.78 is 8.04. The number of rotatable bonds is 9. The number of hydrogen-bond donors (Lipinski definition) is 2. The van der Waals surface area contributed by atoms with E-state index < -0.39 is 0 Å². The van der Waals surface area contributed by atoms with Gasteiger partial charge in [0.2, 0.25) is 0 Å². The Balaban J connectivity index is 1.84. The molecule has 7 heteroatoms. The molecule has 0 amide bonds. The van der Waals surface area contributed by atoms with E-state index in [1.165, 1.54) is 0 Å². The van der Waals surface area contributed by atoms with Crippen molar-refractivity contribution in [3.05, 3.63) is 42.0 Å². The molecular formula is C19H30N6O. The van der Waals surface area contributed by atoms with Gasteiger partial charge in [-0.2, -0.15) is 0 Å². The summed E-state index contributed by atoms with van der Waals surface area (Å²) in [6, 6.07) is 8.04. The van der Waals surface area contributed by atoms with Crippen LogP contribution in [0.3, 0.4) is 0 Å². The molecule has 0 aliphatic rings. The lowest BCUT2D eigenvalue weighted by Gasteiger charge is -2.16. The van der Waals surface area contributed by atoms with Crippen LogP contribution in [0.25, 0.3) is 0 Å². The molecule has 0 fully saturated rings. The molecule has 0 saturated heterocycles. The number of benzene rings is 1. The van der Waals surface area contributed by atoms with Gasteiger partial charge in [0.05, 0.1) is 6.54 Å². The molecule has 1 unspecified atom stereocenters. The maximum Gasteiger partial charge on any atom is 0.191 e. The SMILES string of the molecule is CCNC(=NCC(C)Oc1ccccc1C)NCCn1cnnc1CC. The molecule has 0 saturated carbocycles. The average Bonchev–Trinajstić information content (AvgIpc) is 3.09. The normalized spacial score (nSPS) is 12.7. The monoisotopic (exact) mass is 358 g/mol. The second kappa shape index (κ2) is 10.4. The van der Waals surface area contributed by atoms with Crippen LogP contribution < -0.4 is 15.4 Å². The minimum atomic E-state index is -0.00361. The number of aliphatic imine (C=N–C) groups is 1. The molecule has 0 radical (unpaired) electrons. The zero-order valence-electron chi connectivity index (χ0n) is 16.2. The van der Waals surface area contributed by atoms with E-state index in [9.17, 15) is 0 Å². The fourth-order valence-corrected chi connectivity index (χ4v) is 2.54.